The summed E-state index contributed by atoms with van der Waals surface area (Å²) in [5.41, 5.74) is 0.849. The van der Waals surface area contributed by atoms with Gasteiger partial charge in [0.15, 0.2) is 0 Å². The van der Waals surface area contributed by atoms with Gasteiger partial charge >= 0.3 is 0 Å². The molecule has 2 amide bonds. The summed E-state index contributed by atoms with van der Waals surface area (Å²) in [4.78, 5) is 30.2. The lowest BCUT2D eigenvalue weighted by molar-refractivity contribution is -0.131. The first-order chi connectivity index (χ1) is 14.2. The molecule has 3 rings (SSSR count). The van der Waals surface area contributed by atoms with E-state index in [2.05, 4.69) is 15.5 Å². The second kappa shape index (κ2) is 10.6. The van der Waals surface area contributed by atoms with Gasteiger partial charge in [0, 0.05) is 44.5 Å². The quantitative estimate of drug-likeness (QED) is 0.695. The highest BCUT2D eigenvalue weighted by molar-refractivity contribution is 5.77. The summed E-state index contributed by atoms with van der Waals surface area (Å²) in [7, 11) is 1.62. The first kappa shape index (κ1) is 20.8. The minimum Gasteiger partial charge on any atom is -0.497 e. The Morgan fingerprint density at radius 2 is 2.07 bits per heavy atom. The van der Waals surface area contributed by atoms with E-state index in [1.165, 1.54) is 0 Å². The zero-order chi connectivity index (χ0) is 20.5. The number of hydrogen-bond acceptors (Lipinski definition) is 6. The van der Waals surface area contributed by atoms with Crippen LogP contribution in [-0.2, 0) is 16.0 Å². The molecule has 0 aliphatic carbocycles. The molecule has 1 aliphatic heterocycles. The van der Waals surface area contributed by atoms with Crippen LogP contribution in [0.1, 0.15) is 44.4 Å². The lowest BCUT2D eigenvalue weighted by Gasteiger charge is -2.20. The molecule has 2 aromatic rings. The Balaban J connectivity index is 1.35. The molecule has 8 nitrogen and oxygen atoms in total. The summed E-state index contributed by atoms with van der Waals surface area (Å²) in [6, 6.07) is 7.43. The van der Waals surface area contributed by atoms with Crippen LogP contribution < -0.4 is 10.1 Å². The van der Waals surface area contributed by atoms with Gasteiger partial charge in [0.25, 0.3) is 0 Å². The lowest BCUT2D eigenvalue weighted by Crippen LogP contribution is -2.38. The molecule has 8 heteroatoms. The standard InChI is InChI=1S/C21H28N4O4/c1-28-17-11-9-16(10-12-17)21-23-19(29-24-21)7-5-6-18(26)22-13-15-25-14-4-2-3-8-20(25)27/h9-12H,2-8,13-15H2,1H3,(H,22,26). The summed E-state index contributed by atoms with van der Waals surface area (Å²) in [5, 5.41) is 6.88. The van der Waals surface area contributed by atoms with Crippen molar-refractivity contribution in [3.8, 4) is 17.1 Å². The van der Waals surface area contributed by atoms with Gasteiger partial charge in [0.05, 0.1) is 7.11 Å². The second-order valence-corrected chi connectivity index (χ2v) is 7.14. The SMILES string of the molecule is COc1ccc(-c2noc(CCCC(=O)NCCN3CCCCCC3=O)n2)cc1. The van der Waals surface area contributed by atoms with E-state index < -0.39 is 0 Å². The van der Waals surface area contributed by atoms with Gasteiger partial charge < -0.3 is 19.5 Å². The normalized spacial score (nSPS) is 14.5. The third-order valence-corrected chi connectivity index (χ3v) is 4.99. The number of hydrogen-bond donors (Lipinski definition) is 1. The number of likely N-dealkylation sites (tertiary alicyclic amines) is 1. The van der Waals surface area contributed by atoms with E-state index in [0.29, 0.717) is 50.5 Å². The minimum absolute atomic E-state index is 0.0258. The Morgan fingerprint density at radius 1 is 1.24 bits per heavy atom. The first-order valence-electron chi connectivity index (χ1n) is 10.2. The van der Waals surface area contributed by atoms with E-state index in [4.69, 9.17) is 9.26 Å². The Hall–Kier alpha value is -2.90. The summed E-state index contributed by atoms with van der Waals surface area (Å²) in [6.07, 6.45) is 5.29. The largest absolute Gasteiger partial charge is 0.497 e. The van der Waals surface area contributed by atoms with Crippen LogP contribution in [0.2, 0.25) is 0 Å². The molecule has 1 aromatic heterocycles. The predicted octanol–water partition coefficient (Wildman–Crippen LogP) is 2.59. The Morgan fingerprint density at radius 3 is 2.86 bits per heavy atom. The number of nitrogens with one attached hydrogen (secondary N) is 1. The smallest absolute Gasteiger partial charge is 0.226 e. The molecule has 0 atom stereocenters. The fourth-order valence-electron chi connectivity index (χ4n) is 3.31. The third kappa shape index (κ3) is 6.30. The number of ether oxygens (including phenoxy) is 1. The van der Waals surface area contributed by atoms with Crippen LogP contribution in [0.25, 0.3) is 11.4 Å². The van der Waals surface area contributed by atoms with Gasteiger partial charge in [0.1, 0.15) is 5.75 Å². The van der Waals surface area contributed by atoms with Crippen LogP contribution in [0.3, 0.4) is 0 Å². The van der Waals surface area contributed by atoms with Gasteiger partial charge in [-0.2, -0.15) is 4.98 Å². The van der Waals surface area contributed by atoms with Crippen molar-refractivity contribution in [3.05, 3.63) is 30.2 Å². The van der Waals surface area contributed by atoms with Crippen LogP contribution in [0.4, 0.5) is 0 Å². The molecule has 0 bridgehead atoms. The zero-order valence-electron chi connectivity index (χ0n) is 16.9. The van der Waals surface area contributed by atoms with E-state index >= 15 is 0 Å². The number of methoxy groups -OCH3 is 1. The molecule has 2 heterocycles. The van der Waals surface area contributed by atoms with Gasteiger partial charge in [-0.15, -0.1) is 0 Å². The fourth-order valence-corrected chi connectivity index (χ4v) is 3.31. The van der Waals surface area contributed by atoms with Crippen molar-refractivity contribution in [1.29, 1.82) is 0 Å². The van der Waals surface area contributed by atoms with Crippen LogP contribution in [-0.4, -0.2) is 53.6 Å². The number of amides is 2. The predicted molar refractivity (Wildman–Crippen MR) is 107 cm³/mol. The van der Waals surface area contributed by atoms with Crippen molar-refractivity contribution >= 4 is 11.8 Å². The van der Waals surface area contributed by atoms with E-state index in [-0.39, 0.29) is 11.8 Å². The van der Waals surface area contributed by atoms with Crippen molar-refractivity contribution in [2.45, 2.75) is 44.9 Å². The maximum absolute atomic E-state index is 12.0. The number of rotatable bonds is 9. The van der Waals surface area contributed by atoms with Crippen LogP contribution in [0.15, 0.2) is 28.8 Å². The van der Waals surface area contributed by atoms with Gasteiger partial charge in [-0.25, -0.2) is 0 Å². The van der Waals surface area contributed by atoms with Gasteiger partial charge in [-0.1, -0.05) is 11.6 Å². The average Bonchev–Trinajstić information content (AvgIpc) is 3.11. The van der Waals surface area contributed by atoms with Crippen molar-refractivity contribution in [2.24, 2.45) is 0 Å². The minimum atomic E-state index is -0.0258. The highest BCUT2D eigenvalue weighted by atomic mass is 16.5. The van der Waals surface area contributed by atoms with Gasteiger partial charge in [0.2, 0.25) is 23.5 Å². The molecule has 0 radical (unpaired) electrons. The number of benzene rings is 1. The maximum Gasteiger partial charge on any atom is 0.226 e. The highest BCUT2D eigenvalue weighted by Crippen LogP contribution is 2.20. The fraction of sp³-hybridized carbons (Fsp3) is 0.524. The Bertz CT molecular complexity index is 803. The number of carbonyl (C=O) groups excluding carboxylic acids is 2. The first-order valence-corrected chi connectivity index (χ1v) is 10.2. The van der Waals surface area contributed by atoms with Crippen molar-refractivity contribution in [2.75, 3.05) is 26.7 Å². The molecule has 1 saturated heterocycles. The second-order valence-electron chi connectivity index (χ2n) is 7.14. The van der Waals surface area contributed by atoms with Crippen LogP contribution in [0, 0.1) is 0 Å². The Labute approximate surface area is 170 Å². The summed E-state index contributed by atoms with van der Waals surface area (Å²) in [5.74, 6) is 1.97. The number of nitrogens with zero attached hydrogens (tertiary/aromatic N) is 3. The third-order valence-electron chi connectivity index (χ3n) is 4.99. The van der Waals surface area contributed by atoms with E-state index in [1.54, 1.807) is 7.11 Å². The van der Waals surface area contributed by atoms with Gasteiger partial charge in [-0.3, -0.25) is 9.59 Å². The number of carbonyl (C=O) groups is 2. The zero-order valence-corrected chi connectivity index (χ0v) is 16.9. The molecule has 156 valence electrons. The lowest BCUT2D eigenvalue weighted by atomic mass is 10.2. The topological polar surface area (TPSA) is 97.6 Å². The van der Waals surface area contributed by atoms with Crippen LogP contribution in [0.5, 0.6) is 5.75 Å². The molecule has 1 N–H and O–H groups in total. The summed E-state index contributed by atoms with van der Waals surface area (Å²) in [6.45, 7) is 1.87. The number of aromatic nitrogens is 2. The summed E-state index contributed by atoms with van der Waals surface area (Å²) < 4.78 is 10.4. The molecule has 0 unspecified atom stereocenters. The van der Waals surface area contributed by atoms with Crippen molar-refractivity contribution in [3.63, 3.8) is 0 Å². The monoisotopic (exact) mass is 400 g/mol. The maximum atomic E-state index is 12.0. The molecular formula is C21H28N4O4. The molecular weight excluding hydrogens is 372 g/mol. The molecule has 29 heavy (non-hydrogen) atoms. The van der Waals surface area contributed by atoms with Crippen molar-refractivity contribution < 1.29 is 18.8 Å². The van der Waals surface area contributed by atoms with Gasteiger partial charge in [-0.05, 0) is 43.5 Å². The van der Waals surface area contributed by atoms with E-state index in [1.807, 2.05) is 29.2 Å². The van der Waals surface area contributed by atoms with Crippen molar-refractivity contribution in [1.82, 2.24) is 20.4 Å². The molecule has 1 aromatic carbocycles. The average molecular weight is 400 g/mol. The molecule has 1 aliphatic rings. The summed E-state index contributed by atoms with van der Waals surface area (Å²) >= 11 is 0. The van der Waals surface area contributed by atoms with Crippen LogP contribution >= 0.6 is 0 Å². The molecule has 0 spiro atoms. The highest BCUT2D eigenvalue weighted by Gasteiger charge is 2.16. The van der Waals surface area contributed by atoms with E-state index in [0.717, 1.165) is 37.1 Å². The van der Waals surface area contributed by atoms with E-state index in [9.17, 15) is 9.59 Å². The molecule has 1 fully saturated rings. The Kier molecular flexibility index (Phi) is 7.61. The molecule has 0 saturated carbocycles. The number of aryl methyl sites for hydroxylation is 1.